The summed E-state index contributed by atoms with van der Waals surface area (Å²) in [6.45, 7) is 3.38. The number of piperidine rings is 1. The van der Waals surface area contributed by atoms with E-state index < -0.39 is 0 Å². The summed E-state index contributed by atoms with van der Waals surface area (Å²) in [7, 11) is 0. The Morgan fingerprint density at radius 2 is 2.16 bits per heavy atom. The van der Waals surface area contributed by atoms with Crippen LogP contribution in [0.4, 0.5) is 5.82 Å². The molecule has 0 aromatic carbocycles. The van der Waals surface area contributed by atoms with E-state index in [4.69, 9.17) is 10.3 Å². The molecule has 100 valence electrons. The molecule has 0 atom stereocenters. The maximum atomic E-state index is 11.2. The molecule has 7 nitrogen and oxygen atoms in total. The predicted octanol–water partition coefficient (Wildman–Crippen LogP) is 0.628. The SMILES string of the molecule is Cc1noc2ncnc(N3CCC(C(N)=O)CC3)c12. The van der Waals surface area contributed by atoms with Crippen molar-refractivity contribution in [1.82, 2.24) is 15.1 Å². The number of carbonyl (C=O) groups excluding carboxylic acids is 1. The van der Waals surface area contributed by atoms with Gasteiger partial charge in [-0.25, -0.2) is 4.98 Å². The number of amides is 1. The van der Waals surface area contributed by atoms with Gasteiger partial charge in [0.2, 0.25) is 5.91 Å². The van der Waals surface area contributed by atoms with Gasteiger partial charge < -0.3 is 15.2 Å². The molecule has 2 aromatic heterocycles. The van der Waals surface area contributed by atoms with Crippen LogP contribution in [0.1, 0.15) is 18.5 Å². The number of hydrogen-bond donors (Lipinski definition) is 1. The molecule has 7 heteroatoms. The third kappa shape index (κ3) is 2.00. The first-order valence-corrected chi connectivity index (χ1v) is 6.28. The van der Waals surface area contributed by atoms with E-state index in [9.17, 15) is 4.79 Å². The van der Waals surface area contributed by atoms with Crippen molar-refractivity contribution in [1.29, 1.82) is 0 Å². The Balaban J connectivity index is 1.90. The third-order valence-electron chi connectivity index (χ3n) is 3.62. The van der Waals surface area contributed by atoms with Gasteiger partial charge in [-0.2, -0.15) is 4.98 Å². The van der Waals surface area contributed by atoms with Gasteiger partial charge in [-0.05, 0) is 19.8 Å². The summed E-state index contributed by atoms with van der Waals surface area (Å²) in [6, 6.07) is 0. The highest BCUT2D eigenvalue weighted by Gasteiger charge is 2.26. The average molecular weight is 261 g/mol. The van der Waals surface area contributed by atoms with Crippen molar-refractivity contribution in [2.45, 2.75) is 19.8 Å². The van der Waals surface area contributed by atoms with E-state index in [2.05, 4.69) is 20.0 Å². The maximum Gasteiger partial charge on any atom is 0.263 e. The van der Waals surface area contributed by atoms with Gasteiger partial charge in [0.25, 0.3) is 5.71 Å². The lowest BCUT2D eigenvalue weighted by molar-refractivity contribution is -0.122. The van der Waals surface area contributed by atoms with Crippen LogP contribution >= 0.6 is 0 Å². The quantitative estimate of drug-likeness (QED) is 0.851. The monoisotopic (exact) mass is 261 g/mol. The van der Waals surface area contributed by atoms with Crippen LogP contribution in [0.3, 0.4) is 0 Å². The third-order valence-corrected chi connectivity index (χ3v) is 3.62. The number of anilines is 1. The van der Waals surface area contributed by atoms with E-state index in [1.165, 1.54) is 6.33 Å². The largest absolute Gasteiger partial charge is 0.369 e. The predicted molar refractivity (Wildman–Crippen MR) is 68.5 cm³/mol. The van der Waals surface area contributed by atoms with Crippen LogP contribution in [0, 0.1) is 12.8 Å². The molecular formula is C12H15N5O2. The normalized spacial score (nSPS) is 17.0. The Kier molecular flexibility index (Phi) is 2.81. The van der Waals surface area contributed by atoms with Gasteiger partial charge in [-0.1, -0.05) is 5.16 Å². The number of primary amides is 1. The molecule has 0 unspecified atom stereocenters. The summed E-state index contributed by atoms with van der Waals surface area (Å²) >= 11 is 0. The Bertz CT molecular complexity index is 616. The molecule has 2 N–H and O–H groups in total. The maximum absolute atomic E-state index is 11.2. The number of carbonyl (C=O) groups is 1. The standard InChI is InChI=1S/C12H15N5O2/c1-7-9-11(14-6-15-12(9)19-16-7)17-4-2-8(3-5-17)10(13)18/h6,8H,2-5H2,1H3,(H2,13,18). The molecule has 0 spiro atoms. The van der Waals surface area contributed by atoms with Gasteiger partial charge in [-0.3, -0.25) is 4.79 Å². The highest BCUT2D eigenvalue weighted by Crippen LogP contribution is 2.29. The summed E-state index contributed by atoms with van der Waals surface area (Å²) < 4.78 is 5.14. The van der Waals surface area contributed by atoms with E-state index >= 15 is 0 Å². The molecule has 1 aliphatic rings. The molecule has 1 amide bonds. The highest BCUT2D eigenvalue weighted by atomic mass is 16.5. The Morgan fingerprint density at radius 3 is 2.84 bits per heavy atom. The Morgan fingerprint density at radius 1 is 1.42 bits per heavy atom. The molecule has 2 aromatic rings. The van der Waals surface area contributed by atoms with E-state index in [0.717, 1.165) is 42.8 Å². The number of rotatable bonds is 2. The van der Waals surface area contributed by atoms with Crippen molar-refractivity contribution in [3.63, 3.8) is 0 Å². The minimum Gasteiger partial charge on any atom is -0.369 e. The zero-order valence-electron chi connectivity index (χ0n) is 10.7. The second-order valence-electron chi connectivity index (χ2n) is 4.81. The molecule has 0 aliphatic carbocycles. The van der Waals surface area contributed by atoms with Crippen molar-refractivity contribution in [2.24, 2.45) is 11.7 Å². The topological polar surface area (TPSA) is 98.1 Å². The second-order valence-corrected chi connectivity index (χ2v) is 4.81. The van der Waals surface area contributed by atoms with Gasteiger partial charge in [-0.15, -0.1) is 0 Å². The lowest BCUT2D eigenvalue weighted by Crippen LogP contribution is -2.39. The number of aromatic nitrogens is 3. The van der Waals surface area contributed by atoms with E-state index in [1.807, 2.05) is 6.92 Å². The smallest absolute Gasteiger partial charge is 0.263 e. The Hall–Kier alpha value is -2.18. The van der Waals surface area contributed by atoms with Crippen LogP contribution in [0.5, 0.6) is 0 Å². The number of fused-ring (bicyclic) bond motifs is 1. The van der Waals surface area contributed by atoms with Gasteiger partial charge in [0.1, 0.15) is 17.5 Å². The van der Waals surface area contributed by atoms with Gasteiger partial charge >= 0.3 is 0 Å². The number of aryl methyl sites for hydroxylation is 1. The number of nitrogens with two attached hydrogens (primary N) is 1. The van der Waals surface area contributed by atoms with Crippen molar-refractivity contribution < 1.29 is 9.32 Å². The summed E-state index contributed by atoms with van der Waals surface area (Å²) in [6.07, 6.45) is 2.98. The minimum atomic E-state index is -0.214. The van der Waals surface area contributed by atoms with Crippen LogP contribution < -0.4 is 10.6 Å². The van der Waals surface area contributed by atoms with E-state index in [-0.39, 0.29) is 11.8 Å². The van der Waals surface area contributed by atoms with Crippen molar-refractivity contribution in [3.8, 4) is 0 Å². The van der Waals surface area contributed by atoms with Crippen molar-refractivity contribution in [2.75, 3.05) is 18.0 Å². The van der Waals surface area contributed by atoms with Gasteiger partial charge in [0.05, 0.1) is 5.69 Å². The lowest BCUT2D eigenvalue weighted by atomic mass is 9.96. The van der Waals surface area contributed by atoms with Crippen LogP contribution in [0.25, 0.3) is 11.1 Å². The molecule has 19 heavy (non-hydrogen) atoms. The van der Waals surface area contributed by atoms with Crippen LogP contribution in [-0.4, -0.2) is 34.1 Å². The van der Waals surface area contributed by atoms with Crippen molar-refractivity contribution >= 4 is 22.8 Å². The molecular weight excluding hydrogens is 246 g/mol. The average Bonchev–Trinajstić information content (AvgIpc) is 2.81. The first-order valence-electron chi connectivity index (χ1n) is 6.28. The first-order chi connectivity index (χ1) is 9.16. The molecule has 3 rings (SSSR count). The fourth-order valence-corrected chi connectivity index (χ4v) is 2.52. The molecule has 0 saturated carbocycles. The highest BCUT2D eigenvalue weighted by molar-refractivity contribution is 5.88. The number of nitrogens with zero attached hydrogens (tertiary/aromatic N) is 4. The van der Waals surface area contributed by atoms with Crippen molar-refractivity contribution in [3.05, 3.63) is 12.0 Å². The molecule has 3 heterocycles. The van der Waals surface area contributed by atoms with E-state index in [0.29, 0.717) is 5.71 Å². The van der Waals surface area contributed by atoms with Gasteiger partial charge in [0, 0.05) is 19.0 Å². The van der Waals surface area contributed by atoms with Crippen LogP contribution in [0.15, 0.2) is 10.9 Å². The fraction of sp³-hybridized carbons (Fsp3) is 0.500. The fourth-order valence-electron chi connectivity index (χ4n) is 2.52. The first kappa shape index (κ1) is 11.9. The summed E-state index contributed by atoms with van der Waals surface area (Å²) in [5.74, 6) is 0.581. The molecule has 1 aliphatic heterocycles. The Labute approximate surface area is 109 Å². The summed E-state index contributed by atoms with van der Waals surface area (Å²) in [5.41, 5.74) is 6.62. The molecule has 0 radical (unpaired) electrons. The lowest BCUT2D eigenvalue weighted by Gasteiger charge is -2.31. The van der Waals surface area contributed by atoms with Gasteiger partial charge in [0.15, 0.2) is 0 Å². The summed E-state index contributed by atoms with van der Waals surface area (Å²) in [4.78, 5) is 21.7. The molecule has 1 saturated heterocycles. The minimum absolute atomic E-state index is 0.0304. The van der Waals surface area contributed by atoms with Crippen LogP contribution in [-0.2, 0) is 4.79 Å². The van der Waals surface area contributed by atoms with Crippen LogP contribution in [0.2, 0.25) is 0 Å². The summed E-state index contributed by atoms with van der Waals surface area (Å²) in [5, 5.41) is 4.76. The molecule has 0 bridgehead atoms. The number of hydrogen-bond acceptors (Lipinski definition) is 6. The molecule has 1 fully saturated rings. The zero-order valence-corrected chi connectivity index (χ0v) is 10.7. The second kappa shape index (κ2) is 4.49. The van der Waals surface area contributed by atoms with E-state index in [1.54, 1.807) is 0 Å². The zero-order chi connectivity index (χ0) is 13.4.